The molecule has 176 valence electrons. The van der Waals surface area contributed by atoms with E-state index in [1.54, 1.807) is 6.92 Å². The molecular weight excluding hydrogens is 380 g/mol. The zero-order valence-corrected chi connectivity index (χ0v) is 21.4. The van der Waals surface area contributed by atoms with Gasteiger partial charge in [-0.25, -0.2) is 0 Å². The van der Waals surface area contributed by atoms with Crippen LogP contribution in [0.3, 0.4) is 0 Å². The predicted octanol–water partition coefficient (Wildman–Crippen LogP) is 7.18. The van der Waals surface area contributed by atoms with Gasteiger partial charge in [-0.15, -0.1) is 0 Å². The first-order valence-electron chi connectivity index (χ1n) is 13.5. The first-order chi connectivity index (χ1) is 14.2. The second-order valence-electron chi connectivity index (χ2n) is 14.8. The van der Waals surface area contributed by atoms with Gasteiger partial charge in [0.1, 0.15) is 5.60 Å². The number of fused-ring (bicyclic) bond motifs is 7. The Bertz CT molecular complexity index is 782. The van der Waals surface area contributed by atoms with Gasteiger partial charge in [0.2, 0.25) is 0 Å². The van der Waals surface area contributed by atoms with Crippen LogP contribution in [-0.4, -0.2) is 16.5 Å². The molecule has 2 heteroatoms. The fraction of sp³-hybridized carbons (Fsp3) is 0.966. The Balaban J connectivity index is 1.56. The number of hydrogen-bond acceptors (Lipinski definition) is 2. The third-order valence-electron chi connectivity index (χ3n) is 13.0. The van der Waals surface area contributed by atoms with Gasteiger partial charge in [-0.1, -0.05) is 48.0 Å². The Morgan fingerprint density at radius 1 is 0.710 bits per heavy atom. The van der Waals surface area contributed by atoms with Crippen LogP contribution < -0.4 is 0 Å². The van der Waals surface area contributed by atoms with Gasteiger partial charge < -0.3 is 5.11 Å². The Morgan fingerprint density at radius 3 is 2.10 bits per heavy atom. The molecule has 5 fully saturated rings. The Morgan fingerprint density at radius 2 is 1.39 bits per heavy atom. The number of rotatable bonds is 0. The van der Waals surface area contributed by atoms with Crippen LogP contribution in [-0.2, 0) is 4.79 Å². The molecule has 0 radical (unpaired) electrons. The molecule has 5 aliphatic carbocycles. The summed E-state index contributed by atoms with van der Waals surface area (Å²) in [5.41, 5.74) is 0.441. The lowest BCUT2D eigenvalue weighted by Crippen LogP contribution is -2.67. The van der Waals surface area contributed by atoms with Crippen LogP contribution in [0.1, 0.15) is 119 Å². The predicted molar refractivity (Wildman–Crippen MR) is 127 cm³/mol. The van der Waals surface area contributed by atoms with Crippen molar-refractivity contribution in [2.45, 2.75) is 125 Å². The molecule has 5 aliphatic rings. The van der Waals surface area contributed by atoms with Crippen molar-refractivity contribution >= 4 is 5.78 Å². The summed E-state index contributed by atoms with van der Waals surface area (Å²) in [5.74, 6) is 2.31. The summed E-state index contributed by atoms with van der Waals surface area (Å²) in [5, 5.41) is 11.0. The van der Waals surface area contributed by atoms with Crippen molar-refractivity contribution < 1.29 is 9.90 Å². The Labute approximate surface area is 191 Å². The van der Waals surface area contributed by atoms with Gasteiger partial charge in [0.05, 0.1) is 0 Å². The van der Waals surface area contributed by atoms with Crippen molar-refractivity contribution in [3.63, 3.8) is 0 Å². The van der Waals surface area contributed by atoms with Crippen LogP contribution in [0.15, 0.2) is 0 Å². The highest BCUT2D eigenvalue weighted by molar-refractivity contribution is 5.90. The van der Waals surface area contributed by atoms with Crippen LogP contribution in [0.4, 0.5) is 0 Å². The average Bonchev–Trinajstić information content (AvgIpc) is 2.66. The molecule has 0 heterocycles. The Kier molecular flexibility index (Phi) is 4.63. The smallest absolute Gasteiger partial charge is 0.167 e. The van der Waals surface area contributed by atoms with Crippen molar-refractivity contribution in [3.8, 4) is 0 Å². The SMILES string of the molecule is CC1(C)CCC[C@]2(C)[C@H]3CC[C@@H]4[C@@H]5C(=O)[C@@](C)(O)CC[C@]5(C)CC[C@@]4(C)[C@]3(C)CC[C@@H]12. The highest BCUT2D eigenvalue weighted by Crippen LogP contribution is 2.76. The highest BCUT2D eigenvalue weighted by atomic mass is 16.3. The van der Waals surface area contributed by atoms with E-state index in [-0.39, 0.29) is 22.5 Å². The second kappa shape index (κ2) is 6.39. The number of Topliss-reactive ketones (excluding diaryl/α,β-unsaturated/α-hetero) is 1. The molecule has 0 bridgehead atoms. The number of carbonyl (C=O) groups is 1. The normalized spacial score (nSPS) is 58.5. The van der Waals surface area contributed by atoms with Crippen molar-refractivity contribution in [3.05, 3.63) is 0 Å². The number of hydrogen-bond donors (Lipinski definition) is 1. The molecule has 0 aromatic heterocycles. The maximum absolute atomic E-state index is 13.7. The molecule has 31 heavy (non-hydrogen) atoms. The van der Waals surface area contributed by atoms with Crippen LogP contribution >= 0.6 is 0 Å². The molecule has 0 saturated heterocycles. The summed E-state index contributed by atoms with van der Waals surface area (Å²) in [7, 11) is 0. The average molecular weight is 429 g/mol. The standard InChI is InChI=1S/C29H48O2/c1-24(2)12-8-13-26(4)20(24)11-14-28(6)21(26)10-9-19-22-23(30)29(7,31)18-16-25(22,3)15-17-27(19,28)5/h19-22,31H,8-18H2,1-7H3/t19-,20+,21-,22-,25+,26+,27-,28-,29+/m1/s1. The highest BCUT2D eigenvalue weighted by Gasteiger charge is 2.70. The first kappa shape index (κ1) is 22.4. The van der Waals surface area contributed by atoms with Crippen molar-refractivity contribution in [1.82, 2.24) is 0 Å². The lowest BCUT2D eigenvalue weighted by molar-refractivity contribution is -0.241. The van der Waals surface area contributed by atoms with E-state index in [1.807, 2.05) is 0 Å². The van der Waals surface area contributed by atoms with Crippen molar-refractivity contribution in [2.75, 3.05) is 0 Å². The quantitative estimate of drug-likeness (QED) is 0.443. The topological polar surface area (TPSA) is 37.3 Å². The second-order valence-corrected chi connectivity index (χ2v) is 14.8. The van der Waals surface area contributed by atoms with Crippen LogP contribution in [0.5, 0.6) is 0 Å². The van der Waals surface area contributed by atoms with Gasteiger partial charge in [0.25, 0.3) is 0 Å². The van der Waals surface area contributed by atoms with Gasteiger partial charge >= 0.3 is 0 Å². The summed E-state index contributed by atoms with van der Waals surface area (Å²) in [6, 6.07) is 0. The van der Waals surface area contributed by atoms with E-state index in [4.69, 9.17) is 0 Å². The zero-order chi connectivity index (χ0) is 22.7. The van der Waals surface area contributed by atoms with E-state index < -0.39 is 5.60 Å². The van der Waals surface area contributed by atoms with Crippen LogP contribution in [0.25, 0.3) is 0 Å². The van der Waals surface area contributed by atoms with Gasteiger partial charge in [0.15, 0.2) is 5.78 Å². The van der Waals surface area contributed by atoms with E-state index in [0.29, 0.717) is 28.6 Å². The van der Waals surface area contributed by atoms with Crippen LogP contribution in [0, 0.1) is 50.7 Å². The molecule has 9 atom stereocenters. The molecule has 5 saturated carbocycles. The molecule has 0 unspecified atom stereocenters. The molecular formula is C29H48O2. The summed E-state index contributed by atoms with van der Waals surface area (Å²) in [6.07, 6.45) is 13.5. The molecule has 0 aliphatic heterocycles. The van der Waals surface area contributed by atoms with E-state index in [2.05, 4.69) is 41.5 Å². The van der Waals surface area contributed by atoms with Gasteiger partial charge in [-0.05, 0) is 116 Å². The van der Waals surface area contributed by atoms with Gasteiger partial charge in [-0.3, -0.25) is 4.79 Å². The monoisotopic (exact) mass is 428 g/mol. The minimum absolute atomic E-state index is 0.0566. The maximum Gasteiger partial charge on any atom is 0.167 e. The summed E-state index contributed by atoms with van der Waals surface area (Å²) < 4.78 is 0. The minimum Gasteiger partial charge on any atom is -0.382 e. The summed E-state index contributed by atoms with van der Waals surface area (Å²) in [4.78, 5) is 13.7. The maximum atomic E-state index is 13.7. The number of ketones is 1. The number of aliphatic hydroxyl groups is 1. The zero-order valence-electron chi connectivity index (χ0n) is 21.4. The molecule has 5 rings (SSSR count). The largest absolute Gasteiger partial charge is 0.382 e. The van der Waals surface area contributed by atoms with Crippen molar-refractivity contribution in [1.29, 1.82) is 0 Å². The fourth-order valence-electron chi connectivity index (χ4n) is 11.0. The summed E-state index contributed by atoms with van der Waals surface area (Å²) in [6.45, 7) is 17.1. The van der Waals surface area contributed by atoms with E-state index in [1.165, 1.54) is 57.8 Å². The Hall–Kier alpha value is -0.370. The summed E-state index contributed by atoms with van der Waals surface area (Å²) >= 11 is 0. The molecule has 1 N–H and O–H groups in total. The van der Waals surface area contributed by atoms with Crippen LogP contribution in [0.2, 0.25) is 0 Å². The minimum atomic E-state index is -1.11. The van der Waals surface area contributed by atoms with Gasteiger partial charge in [0, 0.05) is 5.92 Å². The lowest BCUT2D eigenvalue weighted by Gasteiger charge is -2.73. The van der Waals surface area contributed by atoms with E-state index in [9.17, 15) is 9.90 Å². The molecule has 0 amide bonds. The number of carbonyl (C=O) groups excluding carboxylic acids is 1. The molecule has 0 spiro atoms. The van der Waals surface area contributed by atoms with E-state index in [0.717, 1.165) is 18.3 Å². The molecule has 0 aromatic carbocycles. The molecule has 2 nitrogen and oxygen atoms in total. The third kappa shape index (κ3) is 2.69. The third-order valence-corrected chi connectivity index (χ3v) is 13.0. The first-order valence-corrected chi connectivity index (χ1v) is 13.5. The fourth-order valence-corrected chi connectivity index (χ4v) is 11.0. The van der Waals surface area contributed by atoms with Gasteiger partial charge in [-0.2, -0.15) is 0 Å². The van der Waals surface area contributed by atoms with Crippen molar-refractivity contribution in [2.24, 2.45) is 50.7 Å². The van der Waals surface area contributed by atoms with E-state index >= 15 is 0 Å². The lowest BCUT2D eigenvalue weighted by atomic mass is 9.32. The molecule has 0 aromatic rings.